The van der Waals surface area contributed by atoms with Crippen LogP contribution in [-0.2, 0) is 10.3 Å². The number of rotatable bonds is 4. The topological polar surface area (TPSA) is 12.5 Å². The van der Waals surface area contributed by atoms with Gasteiger partial charge in [0.2, 0.25) is 0 Å². The molecule has 0 bridgehead atoms. The Morgan fingerprint density at radius 3 is 2.56 bits per heavy atom. The second-order valence-electron chi connectivity index (χ2n) is 3.09. The van der Waals surface area contributed by atoms with E-state index in [1.54, 1.807) is 17.4 Å². The third kappa shape index (κ3) is 4.10. The molecule has 0 N–H and O–H groups in total. The van der Waals surface area contributed by atoms with Crippen LogP contribution >= 0.6 is 37.6 Å². The molecule has 92 valence electrons. The van der Waals surface area contributed by atoms with Crippen molar-refractivity contribution in [3.05, 3.63) is 34.9 Å². The SMILES string of the molecule is Cc1ccc(CN(C)SOCl)c(F)c1F.S. The van der Waals surface area contributed by atoms with Crippen LogP contribution in [0.3, 0.4) is 0 Å². The summed E-state index contributed by atoms with van der Waals surface area (Å²) in [6.07, 6.45) is 0. The van der Waals surface area contributed by atoms with Crippen LogP contribution in [0.2, 0.25) is 0 Å². The average Bonchev–Trinajstić information content (AvgIpc) is 2.20. The van der Waals surface area contributed by atoms with E-state index >= 15 is 0 Å². The molecule has 0 aromatic heterocycles. The molecule has 0 saturated carbocycles. The minimum atomic E-state index is -0.822. The Bertz CT molecular complexity index is 355. The largest absolute Gasteiger partial charge is 0.224 e. The Hall–Kier alpha value is -0.0100. The maximum Gasteiger partial charge on any atom is 0.163 e. The zero-order valence-electron chi connectivity index (χ0n) is 8.76. The Morgan fingerprint density at radius 2 is 2.00 bits per heavy atom. The highest BCUT2D eigenvalue weighted by molar-refractivity contribution is 7.92. The summed E-state index contributed by atoms with van der Waals surface area (Å²) in [4.78, 5) is 0. The predicted octanol–water partition coefficient (Wildman–Crippen LogP) is 3.55. The molecular formula is C9H12ClF2NOS2. The molecule has 0 heterocycles. The van der Waals surface area contributed by atoms with Gasteiger partial charge >= 0.3 is 0 Å². The van der Waals surface area contributed by atoms with E-state index in [1.165, 1.54) is 13.0 Å². The Kier molecular flexibility index (Phi) is 7.34. The number of hydrogen-bond acceptors (Lipinski definition) is 3. The van der Waals surface area contributed by atoms with Crippen molar-refractivity contribution in [1.29, 1.82) is 0 Å². The number of halogens is 3. The van der Waals surface area contributed by atoms with Gasteiger partial charge in [-0.05, 0) is 12.5 Å². The summed E-state index contributed by atoms with van der Waals surface area (Å²) in [5.41, 5.74) is 0.557. The maximum atomic E-state index is 13.4. The third-order valence-electron chi connectivity index (χ3n) is 1.90. The fourth-order valence-corrected chi connectivity index (χ4v) is 1.70. The van der Waals surface area contributed by atoms with E-state index in [0.29, 0.717) is 5.56 Å². The van der Waals surface area contributed by atoms with Gasteiger partial charge in [0.1, 0.15) is 12.2 Å². The van der Waals surface area contributed by atoms with E-state index in [9.17, 15) is 8.78 Å². The summed E-state index contributed by atoms with van der Waals surface area (Å²) in [7, 11) is 1.66. The highest BCUT2D eigenvalue weighted by Gasteiger charge is 2.12. The first-order valence-corrected chi connectivity index (χ1v) is 5.17. The molecular weight excluding hydrogens is 276 g/mol. The molecule has 0 fully saturated rings. The molecule has 0 aliphatic heterocycles. The lowest BCUT2D eigenvalue weighted by atomic mass is 10.1. The highest BCUT2D eigenvalue weighted by Crippen LogP contribution is 2.20. The zero-order chi connectivity index (χ0) is 11.4. The number of aryl methyl sites for hydroxylation is 1. The minimum Gasteiger partial charge on any atom is -0.224 e. The van der Waals surface area contributed by atoms with Gasteiger partial charge in [-0.15, -0.1) is 0 Å². The zero-order valence-corrected chi connectivity index (χ0v) is 11.3. The third-order valence-corrected chi connectivity index (χ3v) is 2.51. The minimum absolute atomic E-state index is 0. The van der Waals surface area contributed by atoms with Crippen LogP contribution in [0.5, 0.6) is 0 Å². The van der Waals surface area contributed by atoms with Crippen molar-refractivity contribution in [2.24, 2.45) is 0 Å². The molecule has 0 amide bonds. The average molecular weight is 288 g/mol. The van der Waals surface area contributed by atoms with Crippen molar-refractivity contribution >= 4 is 37.6 Å². The quantitative estimate of drug-likeness (QED) is 0.621. The van der Waals surface area contributed by atoms with Crippen molar-refractivity contribution < 1.29 is 12.5 Å². The first kappa shape index (κ1) is 16.0. The smallest absolute Gasteiger partial charge is 0.163 e. The number of hydrogen-bond donors (Lipinski definition) is 0. The summed E-state index contributed by atoms with van der Waals surface area (Å²) in [6.45, 7) is 1.73. The Morgan fingerprint density at radius 1 is 1.38 bits per heavy atom. The van der Waals surface area contributed by atoms with Crippen molar-refractivity contribution in [2.75, 3.05) is 7.05 Å². The molecule has 0 radical (unpaired) electrons. The van der Waals surface area contributed by atoms with E-state index in [2.05, 4.69) is 3.74 Å². The molecule has 0 atom stereocenters. The van der Waals surface area contributed by atoms with Crippen LogP contribution in [0.25, 0.3) is 0 Å². The molecule has 7 heteroatoms. The molecule has 0 saturated heterocycles. The molecule has 2 nitrogen and oxygen atoms in total. The van der Waals surface area contributed by atoms with Crippen molar-refractivity contribution in [1.82, 2.24) is 4.31 Å². The summed E-state index contributed by atoms with van der Waals surface area (Å²) in [6, 6.07) is 3.08. The van der Waals surface area contributed by atoms with Gasteiger partial charge in [-0.2, -0.15) is 17.2 Å². The molecule has 1 aromatic carbocycles. The number of benzene rings is 1. The summed E-state index contributed by atoms with van der Waals surface area (Å²) in [5, 5.41) is 0. The van der Waals surface area contributed by atoms with Crippen LogP contribution in [0.4, 0.5) is 8.78 Å². The first-order chi connectivity index (χ1) is 7.06. The molecule has 0 aliphatic rings. The van der Waals surface area contributed by atoms with Gasteiger partial charge in [0.05, 0.1) is 11.9 Å². The van der Waals surface area contributed by atoms with Crippen LogP contribution < -0.4 is 0 Å². The van der Waals surface area contributed by atoms with E-state index in [4.69, 9.17) is 11.9 Å². The highest BCUT2D eigenvalue weighted by atomic mass is 35.5. The maximum absolute atomic E-state index is 13.4. The molecule has 16 heavy (non-hydrogen) atoms. The van der Waals surface area contributed by atoms with Crippen LogP contribution in [0.15, 0.2) is 12.1 Å². The van der Waals surface area contributed by atoms with E-state index < -0.39 is 11.6 Å². The first-order valence-electron chi connectivity index (χ1n) is 4.16. The van der Waals surface area contributed by atoms with Crippen LogP contribution in [0.1, 0.15) is 11.1 Å². The monoisotopic (exact) mass is 287 g/mol. The van der Waals surface area contributed by atoms with Crippen LogP contribution in [0, 0.1) is 18.6 Å². The second-order valence-corrected chi connectivity index (χ2v) is 4.37. The Balaban J connectivity index is 0.00000225. The molecule has 1 aromatic rings. The molecule has 1 rings (SSSR count). The van der Waals surface area contributed by atoms with E-state index in [-0.39, 0.29) is 25.6 Å². The van der Waals surface area contributed by atoms with Crippen molar-refractivity contribution in [2.45, 2.75) is 13.5 Å². The van der Waals surface area contributed by atoms with Gasteiger partial charge in [-0.3, -0.25) is 0 Å². The number of nitrogens with zero attached hydrogens (tertiary/aromatic N) is 1. The van der Waals surface area contributed by atoms with E-state index in [0.717, 1.165) is 12.2 Å². The lowest BCUT2D eigenvalue weighted by Crippen LogP contribution is -2.10. The molecule has 0 unspecified atom stereocenters. The lowest BCUT2D eigenvalue weighted by Gasteiger charge is -2.13. The molecule has 0 spiro atoms. The van der Waals surface area contributed by atoms with Crippen LogP contribution in [-0.4, -0.2) is 11.4 Å². The molecule has 0 aliphatic carbocycles. The second kappa shape index (κ2) is 7.34. The predicted molar refractivity (Wildman–Crippen MR) is 67.5 cm³/mol. The standard InChI is InChI=1S/C9H10ClF2NOS.H2S/c1-6-3-4-7(9(12)8(6)11)5-13(2)15-14-10;/h3-4H,5H2,1-2H3;1H2. The summed E-state index contributed by atoms with van der Waals surface area (Å²) >= 11 is 5.87. The summed E-state index contributed by atoms with van der Waals surface area (Å²) < 4.78 is 32.4. The van der Waals surface area contributed by atoms with Gasteiger partial charge < -0.3 is 0 Å². The summed E-state index contributed by atoms with van der Waals surface area (Å²) in [5.74, 6) is -1.63. The fourth-order valence-electron chi connectivity index (χ4n) is 1.12. The fraction of sp³-hybridized carbons (Fsp3) is 0.333. The van der Waals surface area contributed by atoms with Gasteiger partial charge in [-0.1, -0.05) is 12.1 Å². The van der Waals surface area contributed by atoms with E-state index in [1.807, 2.05) is 0 Å². The van der Waals surface area contributed by atoms with Gasteiger partial charge in [0.15, 0.2) is 11.6 Å². The van der Waals surface area contributed by atoms with Gasteiger partial charge in [0, 0.05) is 19.2 Å². The lowest BCUT2D eigenvalue weighted by molar-refractivity contribution is 0.463. The normalized spacial score (nSPS) is 10.4. The Labute approximate surface area is 110 Å². The van der Waals surface area contributed by atoms with Gasteiger partial charge in [-0.25, -0.2) is 13.1 Å². The van der Waals surface area contributed by atoms with Crippen molar-refractivity contribution in [3.8, 4) is 0 Å². The van der Waals surface area contributed by atoms with Gasteiger partial charge in [0.25, 0.3) is 0 Å². The van der Waals surface area contributed by atoms with Crippen molar-refractivity contribution in [3.63, 3.8) is 0 Å².